The number of nitrogens with zero attached hydrogens (tertiary/aromatic N) is 1. The molecule has 8 heteroatoms. The van der Waals surface area contributed by atoms with Gasteiger partial charge in [-0.2, -0.15) is 0 Å². The Hall–Kier alpha value is -2.87. The topological polar surface area (TPSA) is 92.8 Å². The number of hydrogen-bond acceptors (Lipinski definition) is 5. The number of sulfonamides is 1. The summed E-state index contributed by atoms with van der Waals surface area (Å²) < 4.78 is 30.1. The summed E-state index contributed by atoms with van der Waals surface area (Å²) >= 11 is 0. The van der Waals surface area contributed by atoms with Crippen LogP contribution in [0.1, 0.15) is 27.1 Å². The summed E-state index contributed by atoms with van der Waals surface area (Å²) in [5, 5.41) is 2.67. The Bertz CT molecular complexity index is 956. The lowest BCUT2D eigenvalue weighted by atomic mass is 10.1. The quantitative estimate of drug-likeness (QED) is 0.829. The molecule has 1 aliphatic heterocycles. The lowest BCUT2D eigenvalue weighted by molar-refractivity contribution is 0.0602. The summed E-state index contributed by atoms with van der Waals surface area (Å²) in [7, 11) is -2.06. The molecule has 26 heavy (non-hydrogen) atoms. The fourth-order valence-electron chi connectivity index (χ4n) is 2.81. The molecule has 0 bridgehead atoms. The molecule has 1 aliphatic rings. The third-order valence-electron chi connectivity index (χ3n) is 4.08. The van der Waals surface area contributed by atoms with Gasteiger partial charge in [-0.15, -0.1) is 0 Å². The van der Waals surface area contributed by atoms with Gasteiger partial charge in [0.2, 0.25) is 10.0 Å². The second-order valence-electron chi connectivity index (χ2n) is 5.78. The van der Waals surface area contributed by atoms with E-state index in [4.69, 9.17) is 4.74 Å². The van der Waals surface area contributed by atoms with E-state index in [9.17, 15) is 18.0 Å². The van der Waals surface area contributed by atoms with Crippen LogP contribution in [0.5, 0.6) is 0 Å². The van der Waals surface area contributed by atoms with Gasteiger partial charge < -0.3 is 10.1 Å². The van der Waals surface area contributed by atoms with Gasteiger partial charge in [0.1, 0.15) is 0 Å². The van der Waals surface area contributed by atoms with Crippen molar-refractivity contribution >= 4 is 33.3 Å². The van der Waals surface area contributed by atoms with Gasteiger partial charge in [-0.25, -0.2) is 13.2 Å². The molecule has 1 fully saturated rings. The van der Waals surface area contributed by atoms with E-state index >= 15 is 0 Å². The van der Waals surface area contributed by atoms with Crippen molar-refractivity contribution in [3.05, 3.63) is 59.7 Å². The van der Waals surface area contributed by atoms with Crippen LogP contribution >= 0.6 is 0 Å². The summed E-state index contributed by atoms with van der Waals surface area (Å²) in [6.07, 6.45) is 0.561. The largest absolute Gasteiger partial charge is 0.465 e. The Morgan fingerprint density at radius 2 is 1.88 bits per heavy atom. The monoisotopic (exact) mass is 374 g/mol. The molecule has 7 nitrogen and oxygen atoms in total. The van der Waals surface area contributed by atoms with E-state index in [1.54, 1.807) is 42.5 Å². The molecular weight excluding hydrogens is 356 g/mol. The van der Waals surface area contributed by atoms with Crippen LogP contribution in [0.2, 0.25) is 0 Å². The minimum Gasteiger partial charge on any atom is -0.465 e. The lowest BCUT2D eigenvalue weighted by Gasteiger charge is -2.17. The molecule has 1 amide bonds. The summed E-state index contributed by atoms with van der Waals surface area (Å²) in [6.45, 7) is 0.401. The Labute approximate surface area is 151 Å². The summed E-state index contributed by atoms with van der Waals surface area (Å²) in [5.41, 5.74) is 1.31. The molecule has 0 aromatic heterocycles. The molecule has 1 saturated heterocycles. The molecule has 3 rings (SSSR count). The van der Waals surface area contributed by atoms with Crippen LogP contribution in [0.25, 0.3) is 0 Å². The van der Waals surface area contributed by atoms with Gasteiger partial charge in [0.05, 0.1) is 29.8 Å². The fourth-order valence-corrected chi connectivity index (χ4v) is 4.36. The Balaban J connectivity index is 1.86. The van der Waals surface area contributed by atoms with Gasteiger partial charge >= 0.3 is 5.97 Å². The molecule has 2 aromatic rings. The van der Waals surface area contributed by atoms with Crippen molar-refractivity contribution in [1.82, 2.24) is 0 Å². The van der Waals surface area contributed by atoms with Gasteiger partial charge in [-0.3, -0.25) is 9.10 Å². The van der Waals surface area contributed by atoms with Crippen molar-refractivity contribution in [2.75, 3.05) is 29.0 Å². The number of carbonyl (C=O) groups excluding carboxylic acids is 2. The van der Waals surface area contributed by atoms with E-state index in [1.807, 2.05) is 0 Å². The zero-order valence-corrected chi connectivity index (χ0v) is 15.0. The average Bonchev–Trinajstić information content (AvgIpc) is 3.00. The first-order valence-electron chi connectivity index (χ1n) is 8.01. The van der Waals surface area contributed by atoms with Crippen molar-refractivity contribution < 1.29 is 22.7 Å². The molecule has 0 saturated carbocycles. The number of anilines is 2. The molecule has 136 valence electrons. The number of hydrogen-bond donors (Lipinski definition) is 1. The number of amides is 1. The van der Waals surface area contributed by atoms with E-state index in [0.717, 1.165) is 0 Å². The first-order valence-corrected chi connectivity index (χ1v) is 9.62. The highest BCUT2D eigenvalue weighted by Gasteiger charge is 2.28. The highest BCUT2D eigenvalue weighted by Crippen LogP contribution is 2.25. The Morgan fingerprint density at radius 3 is 2.58 bits per heavy atom. The van der Waals surface area contributed by atoms with E-state index in [0.29, 0.717) is 29.9 Å². The van der Waals surface area contributed by atoms with Gasteiger partial charge in [-0.1, -0.05) is 18.2 Å². The number of methoxy groups -OCH3 is 1. The van der Waals surface area contributed by atoms with E-state index in [2.05, 4.69) is 5.32 Å². The molecule has 0 atom stereocenters. The molecular formula is C18H18N2O5S. The second kappa shape index (κ2) is 7.17. The third-order valence-corrected chi connectivity index (χ3v) is 5.95. The molecule has 0 aliphatic carbocycles. The number of para-hydroxylation sites is 1. The Kier molecular flexibility index (Phi) is 4.94. The van der Waals surface area contributed by atoms with E-state index in [-0.39, 0.29) is 11.3 Å². The number of nitrogens with one attached hydrogen (secondary N) is 1. The maximum Gasteiger partial charge on any atom is 0.339 e. The Morgan fingerprint density at radius 1 is 1.12 bits per heavy atom. The maximum atomic E-state index is 12.6. The predicted octanol–water partition coefficient (Wildman–Crippen LogP) is 2.27. The van der Waals surface area contributed by atoms with E-state index < -0.39 is 21.9 Å². The van der Waals surface area contributed by atoms with Crippen molar-refractivity contribution in [2.45, 2.75) is 6.42 Å². The fraction of sp³-hybridized carbons (Fsp3) is 0.222. The summed E-state index contributed by atoms with van der Waals surface area (Å²) in [4.78, 5) is 24.4. The minimum absolute atomic E-state index is 0.107. The summed E-state index contributed by atoms with van der Waals surface area (Å²) in [5.74, 6) is -0.895. The van der Waals surface area contributed by atoms with Crippen LogP contribution in [-0.4, -0.2) is 39.7 Å². The van der Waals surface area contributed by atoms with Gasteiger partial charge in [0, 0.05) is 12.1 Å². The van der Waals surface area contributed by atoms with Crippen LogP contribution in [0.15, 0.2) is 48.5 Å². The maximum absolute atomic E-state index is 12.6. The highest BCUT2D eigenvalue weighted by atomic mass is 32.2. The van der Waals surface area contributed by atoms with Crippen LogP contribution in [0.3, 0.4) is 0 Å². The van der Waals surface area contributed by atoms with Gasteiger partial charge in [0.15, 0.2) is 0 Å². The van der Waals surface area contributed by atoms with Crippen LogP contribution < -0.4 is 9.62 Å². The normalized spacial score (nSPS) is 15.5. The molecule has 0 radical (unpaired) electrons. The first-order chi connectivity index (χ1) is 12.4. The number of benzene rings is 2. The number of esters is 1. The van der Waals surface area contributed by atoms with Crippen molar-refractivity contribution in [3.63, 3.8) is 0 Å². The smallest absolute Gasteiger partial charge is 0.339 e. The average molecular weight is 374 g/mol. The van der Waals surface area contributed by atoms with Crippen LogP contribution in [-0.2, 0) is 14.8 Å². The zero-order chi connectivity index (χ0) is 18.7. The van der Waals surface area contributed by atoms with Crippen molar-refractivity contribution in [3.8, 4) is 0 Å². The van der Waals surface area contributed by atoms with Crippen molar-refractivity contribution in [1.29, 1.82) is 0 Å². The summed E-state index contributed by atoms with van der Waals surface area (Å²) in [6, 6.07) is 12.9. The van der Waals surface area contributed by atoms with Gasteiger partial charge in [-0.05, 0) is 36.8 Å². The number of carbonyl (C=O) groups is 2. The molecule has 0 unspecified atom stereocenters. The number of ether oxygens (including phenoxy) is 1. The standard InChI is InChI=1S/C18H18N2O5S/c1-25-18(22)15-8-2-3-9-16(15)19-17(21)13-6-4-7-14(12-13)20-10-5-11-26(20,23)24/h2-4,6-9,12H,5,10-11H2,1H3,(H,19,21). The van der Waals surface area contributed by atoms with E-state index in [1.165, 1.54) is 17.5 Å². The highest BCUT2D eigenvalue weighted by molar-refractivity contribution is 7.93. The van der Waals surface area contributed by atoms with Gasteiger partial charge in [0.25, 0.3) is 5.91 Å². The SMILES string of the molecule is COC(=O)c1ccccc1NC(=O)c1cccc(N2CCCS2(=O)=O)c1. The van der Waals surface area contributed by atoms with Crippen LogP contribution in [0, 0.1) is 0 Å². The second-order valence-corrected chi connectivity index (χ2v) is 7.80. The predicted molar refractivity (Wildman–Crippen MR) is 97.9 cm³/mol. The molecule has 0 spiro atoms. The first kappa shape index (κ1) is 17.9. The molecule has 1 heterocycles. The zero-order valence-electron chi connectivity index (χ0n) is 14.1. The molecule has 2 aromatic carbocycles. The van der Waals surface area contributed by atoms with Crippen LogP contribution in [0.4, 0.5) is 11.4 Å². The van der Waals surface area contributed by atoms with Crippen molar-refractivity contribution in [2.24, 2.45) is 0 Å². The lowest BCUT2D eigenvalue weighted by Crippen LogP contribution is -2.25. The minimum atomic E-state index is -3.32. The molecule has 1 N–H and O–H groups in total. The number of rotatable bonds is 4. The third kappa shape index (κ3) is 3.55.